The number of nitrogens with one attached hydrogen (secondary N) is 1. The Balaban J connectivity index is 1.61. The van der Waals surface area contributed by atoms with Crippen molar-refractivity contribution in [2.75, 3.05) is 25.1 Å². The molecule has 1 heterocycles. The Morgan fingerprint density at radius 2 is 1.73 bits per heavy atom. The van der Waals surface area contributed by atoms with Crippen LogP contribution in [0, 0.1) is 13.8 Å². The van der Waals surface area contributed by atoms with Crippen LogP contribution < -0.4 is 19.2 Å². The van der Waals surface area contributed by atoms with Crippen LogP contribution in [-0.2, 0) is 14.8 Å². The maximum absolute atomic E-state index is 13.7. The first-order valence-electron chi connectivity index (χ1n) is 12.3. The van der Waals surface area contributed by atoms with Crippen molar-refractivity contribution >= 4 is 51.0 Å². The summed E-state index contributed by atoms with van der Waals surface area (Å²) in [5, 5.41) is 5.11. The van der Waals surface area contributed by atoms with Gasteiger partial charge in [0.05, 0.1) is 41.7 Å². The predicted molar refractivity (Wildman–Crippen MR) is 162 cm³/mol. The van der Waals surface area contributed by atoms with Gasteiger partial charge in [-0.25, -0.2) is 13.8 Å². The Morgan fingerprint density at radius 3 is 2.39 bits per heavy atom. The summed E-state index contributed by atoms with van der Waals surface area (Å²) in [7, 11) is -1.30. The quantitative estimate of drug-likeness (QED) is 0.181. The Labute approximate surface area is 249 Å². The standard InChI is InChI=1S/C29H28Cl2N4O5S/c1-19-14-21(20(2)35(19)26-12-10-22(30)15-25(26)31)17-32-33-29(36)18-34(41(37,38)24-8-6-5-7-9-24)27-16-23(39-3)11-13-28(27)40-4/h5-17H,18H2,1-4H3,(H,33,36)/b32-17+. The van der Waals surface area contributed by atoms with Crippen molar-refractivity contribution in [1.29, 1.82) is 0 Å². The van der Waals surface area contributed by atoms with Crippen LogP contribution in [-0.4, -0.2) is 45.9 Å². The summed E-state index contributed by atoms with van der Waals surface area (Å²) < 4.78 is 41.0. The molecule has 0 spiro atoms. The number of methoxy groups -OCH3 is 2. The first-order valence-corrected chi connectivity index (χ1v) is 14.5. The number of hydrazone groups is 1. The highest BCUT2D eigenvalue weighted by Gasteiger charge is 2.30. The van der Waals surface area contributed by atoms with Crippen LogP contribution >= 0.6 is 23.2 Å². The summed E-state index contributed by atoms with van der Waals surface area (Å²) in [6.45, 7) is 3.24. The fourth-order valence-electron chi connectivity index (χ4n) is 4.30. The number of aryl methyl sites for hydroxylation is 1. The van der Waals surface area contributed by atoms with Gasteiger partial charge in [-0.1, -0.05) is 41.4 Å². The number of ether oxygens (including phenoxy) is 2. The second-order valence-corrected chi connectivity index (χ2v) is 11.6. The van der Waals surface area contributed by atoms with Crippen molar-refractivity contribution in [3.8, 4) is 17.2 Å². The zero-order valence-corrected chi connectivity index (χ0v) is 25.1. The summed E-state index contributed by atoms with van der Waals surface area (Å²) in [6, 6.07) is 19.6. The van der Waals surface area contributed by atoms with Crippen LogP contribution in [0.5, 0.6) is 11.5 Å². The molecule has 0 saturated heterocycles. The largest absolute Gasteiger partial charge is 0.497 e. The summed E-state index contributed by atoms with van der Waals surface area (Å²) in [5.41, 5.74) is 5.79. The number of carbonyl (C=O) groups is 1. The van der Waals surface area contributed by atoms with Gasteiger partial charge in [-0.15, -0.1) is 0 Å². The molecular formula is C29H28Cl2N4O5S. The fourth-order valence-corrected chi connectivity index (χ4v) is 6.24. The zero-order valence-electron chi connectivity index (χ0n) is 22.8. The molecule has 12 heteroatoms. The molecule has 3 aromatic carbocycles. The van der Waals surface area contributed by atoms with Gasteiger partial charge in [0.15, 0.2) is 0 Å². The lowest BCUT2D eigenvalue weighted by atomic mass is 10.2. The van der Waals surface area contributed by atoms with Crippen LogP contribution in [0.25, 0.3) is 5.69 Å². The molecular weight excluding hydrogens is 587 g/mol. The van der Waals surface area contributed by atoms with E-state index in [1.807, 2.05) is 30.5 Å². The maximum Gasteiger partial charge on any atom is 0.264 e. The number of hydrogen-bond acceptors (Lipinski definition) is 6. The molecule has 0 saturated carbocycles. The number of aromatic nitrogens is 1. The number of sulfonamides is 1. The molecule has 0 unspecified atom stereocenters. The van der Waals surface area contributed by atoms with Crippen molar-refractivity contribution < 1.29 is 22.7 Å². The molecule has 0 atom stereocenters. The molecule has 0 radical (unpaired) electrons. The van der Waals surface area contributed by atoms with Crippen molar-refractivity contribution in [3.05, 3.63) is 99.8 Å². The van der Waals surface area contributed by atoms with E-state index in [1.54, 1.807) is 42.5 Å². The van der Waals surface area contributed by atoms with Gasteiger partial charge >= 0.3 is 0 Å². The third-order valence-corrected chi connectivity index (χ3v) is 8.60. The molecule has 1 amide bonds. The second-order valence-electron chi connectivity index (χ2n) is 8.91. The van der Waals surface area contributed by atoms with E-state index in [-0.39, 0.29) is 16.3 Å². The number of carbonyl (C=O) groups excluding carboxylic acids is 1. The lowest BCUT2D eigenvalue weighted by molar-refractivity contribution is -0.119. The summed E-state index contributed by atoms with van der Waals surface area (Å²) in [6.07, 6.45) is 1.49. The number of nitrogens with zero attached hydrogens (tertiary/aromatic N) is 3. The maximum atomic E-state index is 13.7. The molecule has 41 heavy (non-hydrogen) atoms. The van der Waals surface area contributed by atoms with Gasteiger partial charge in [0.25, 0.3) is 15.9 Å². The van der Waals surface area contributed by atoms with E-state index < -0.39 is 22.5 Å². The van der Waals surface area contributed by atoms with E-state index >= 15 is 0 Å². The van der Waals surface area contributed by atoms with Crippen molar-refractivity contribution in [2.24, 2.45) is 5.10 Å². The normalized spacial score (nSPS) is 11.5. The van der Waals surface area contributed by atoms with Crippen molar-refractivity contribution in [3.63, 3.8) is 0 Å². The van der Waals surface area contributed by atoms with Crippen LogP contribution in [0.4, 0.5) is 5.69 Å². The molecule has 0 aliphatic rings. The van der Waals surface area contributed by atoms with Crippen LogP contribution in [0.3, 0.4) is 0 Å². The summed E-state index contributed by atoms with van der Waals surface area (Å²) in [5.74, 6) is -0.0290. The Kier molecular flexibility index (Phi) is 9.27. The van der Waals surface area contributed by atoms with E-state index in [0.29, 0.717) is 15.8 Å². The van der Waals surface area contributed by atoms with Crippen molar-refractivity contribution in [1.82, 2.24) is 9.99 Å². The van der Waals surface area contributed by atoms with Gasteiger partial charge in [-0.3, -0.25) is 9.10 Å². The van der Waals surface area contributed by atoms with Gasteiger partial charge in [0.2, 0.25) is 0 Å². The lowest BCUT2D eigenvalue weighted by Crippen LogP contribution is -2.39. The van der Waals surface area contributed by atoms with Crippen LogP contribution in [0.15, 0.2) is 82.8 Å². The molecule has 1 N–H and O–H groups in total. The molecule has 214 valence electrons. The molecule has 0 aliphatic carbocycles. The minimum atomic E-state index is -4.17. The first-order chi connectivity index (χ1) is 19.6. The zero-order chi connectivity index (χ0) is 29.7. The number of benzene rings is 3. The highest BCUT2D eigenvalue weighted by molar-refractivity contribution is 7.92. The summed E-state index contributed by atoms with van der Waals surface area (Å²) in [4.78, 5) is 13.1. The molecule has 0 fully saturated rings. The minimum Gasteiger partial charge on any atom is -0.497 e. The molecule has 4 rings (SSSR count). The van der Waals surface area contributed by atoms with E-state index in [1.165, 1.54) is 38.6 Å². The average Bonchev–Trinajstić information content (AvgIpc) is 3.24. The van der Waals surface area contributed by atoms with Crippen LogP contribution in [0.2, 0.25) is 10.0 Å². The van der Waals surface area contributed by atoms with E-state index in [0.717, 1.165) is 26.9 Å². The number of anilines is 1. The fraction of sp³-hybridized carbons (Fsp3) is 0.172. The van der Waals surface area contributed by atoms with E-state index in [2.05, 4.69) is 10.5 Å². The minimum absolute atomic E-state index is 0.00877. The SMILES string of the molecule is COc1ccc(OC)c(N(CC(=O)N/N=C/c2cc(C)n(-c3ccc(Cl)cc3Cl)c2C)S(=O)(=O)c2ccccc2)c1. The predicted octanol–water partition coefficient (Wildman–Crippen LogP) is 5.76. The molecule has 1 aromatic heterocycles. The highest BCUT2D eigenvalue weighted by Crippen LogP contribution is 2.35. The second kappa shape index (κ2) is 12.7. The van der Waals surface area contributed by atoms with Crippen molar-refractivity contribution in [2.45, 2.75) is 18.7 Å². The smallest absolute Gasteiger partial charge is 0.264 e. The van der Waals surface area contributed by atoms with E-state index in [4.69, 9.17) is 32.7 Å². The number of halogens is 2. The number of hydrogen-bond donors (Lipinski definition) is 1. The van der Waals surface area contributed by atoms with Gasteiger partial charge < -0.3 is 14.0 Å². The Morgan fingerprint density at radius 1 is 1.00 bits per heavy atom. The number of rotatable bonds is 10. The molecule has 9 nitrogen and oxygen atoms in total. The Bertz CT molecular complexity index is 1710. The third-order valence-electron chi connectivity index (χ3n) is 6.29. The summed E-state index contributed by atoms with van der Waals surface area (Å²) >= 11 is 12.5. The molecule has 4 aromatic rings. The van der Waals surface area contributed by atoms with Gasteiger partial charge in [0, 0.05) is 28.0 Å². The van der Waals surface area contributed by atoms with Gasteiger partial charge in [-0.2, -0.15) is 5.10 Å². The monoisotopic (exact) mass is 614 g/mol. The topological polar surface area (TPSA) is 102 Å². The third kappa shape index (κ3) is 6.51. The van der Waals surface area contributed by atoms with Gasteiger partial charge in [-0.05, 0) is 62.4 Å². The van der Waals surface area contributed by atoms with Crippen LogP contribution in [0.1, 0.15) is 17.0 Å². The highest BCUT2D eigenvalue weighted by atomic mass is 35.5. The molecule has 0 bridgehead atoms. The van der Waals surface area contributed by atoms with Gasteiger partial charge in [0.1, 0.15) is 18.0 Å². The van der Waals surface area contributed by atoms with E-state index in [9.17, 15) is 13.2 Å². The molecule has 0 aliphatic heterocycles. The first kappa shape index (κ1) is 30.0. The number of amides is 1. The Hall–Kier alpha value is -3.99. The lowest BCUT2D eigenvalue weighted by Gasteiger charge is -2.25. The average molecular weight is 616 g/mol.